The highest BCUT2D eigenvalue weighted by Crippen LogP contribution is 2.30. The fourth-order valence-electron chi connectivity index (χ4n) is 3.24. The lowest BCUT2D eigenvalue weighted by molar-refractivity contribution is 0.677. The zero-order valence-corrected chi connectivity index (χ0v) is 16.1. The summed E-state index contributed by atoms with van der Waals surface area (Å²) in [6, 6.07) is 23.6. The van der Waals surface area contributed by atoms with E-state index in [-0.39, 0.29) is 0 Å². The summed E-state index contributed by atoms with van der Waals surface area (Å²) in [7, 11) is -1.25. The fourth-order valence-corrected chi connectivity index (χ4v) is 4.30. The molecule has 8 heteroatoms. The number of imidazole rings is 1. The third-order valence-electron chi connectivity index (χ3n) is 4.66. The van der Waals surface area contributed by atoms with Gasteiger partial charge in [-0.3, -0.25) is 4.21 Å². The summed E-state index contributed by atoms with van der Waals surface area (Å²) in [6.07, 6.45) is 0. The minimum atomic E-state index is -1.25. The third-order valence-corrected chi connectivity index (χ3v) is 5.88. The number of aromatic amines is 2. The van der Waals surface area contributed by atoms with Gasteiger partial charge < -0.3 is 4.98 Å². The lowest BCUT2D eigenvalue weighted by Crippen LogP contribution is -1.98. The molecule has 5 aromatic rings. The average Bonchev–Trinajstić information content (AvgIpc) is 3.44. The molecule has 0 aliphatic carbocycles. The van der Waals surface area contributed by atoms with Crippen molar-refractivity contribution >= 4 is 21.8 Å². The van der Waals surface area contributed by atoms with Crippen molar-refractivity contribution in [3.8, 4) is 22.5 Å². The van der Waals surface area contributed by atoms with E-state index >= 15 is 0 Å². The first-order valence-corrected chi connectivity index (χ1v) is 10.3. The van der Waals surface area contributed by atoms with Crippen molar-refractivity contribution in [1.29, 1.82) is 0 Å². The molecule has 1 atom stereocenters. The monoisotopic (exact) mass is 400 g/mol. The molecular formula is C21H16N6OS. The van der Waals surface area contributed by atoms with E-state index in [9.17, 15) is 4.21 Å². The molecule has 0 fully saturated rings. The Bertz CT molecular complexity index is 1260. The molecule has 7 nitrogen and oxygen atoms in total. The molecule has 29 heavy (non-hydrogen) atoms. The number of hydrogen-bond acceptors (Lipinski definition) is 5. The van der Waals surface area contributed by atoms with Crippen molar-refractivity contribution < 1.29 is 4.21 Å². The van der Waals surface area contributed by atoms with Crippen molar-refractivity contribution in [3.05, 3.63) is 78.4 Å². The number of aromatic nitrogens is 6. The van der Waals surface area contributed by atoms with Gasteiger partial charge in [0.15, 0.2) is 5.16 Å². The van der Waals surface area contributed by atoms with Crippen LogP contribution in [0, 0.1) is 0 Å². The van der Waals surface area contributed by atoms with Crippen LogP contribution >= 0.6 is 0 Å². The summed E-state index contributed by atoms with van der Waals surface area (Å²) in [5.74, 6) is 0.947. The molecule has 2 aromatic heterocycles. The number of hydrogen-bond donors (Lipinski definition) is 2. The predicted octanol–water partition coefficient (Wildman–Crippen LogP) is 3.72. The van der Waals surface area contributed by atoms with Crippen LogP contribution in [0.4, 0.5) is 0 Å². The summed E-state index contributed by atoms with van der Waals surface area (Å²) >= 11 is 0. The quantitative estimate of drug-likeness (QED) is 0.468. The van der Waals surface area contributed by atoms with Crippen LogP contribution in [-0.2, 0) is 16.6 Å². The largest absolute Gasteiger partial charge is 0.331 e. The molecule has 2 N–H and O–H groups in total. The number of para-hydroxylation sites is 2. The Hall–Kier alpha value is -3.65. The summed E-state index contributed by atoms with van der Waals surface area (Å²) in [6.45, 7) is 0. The number of H-pyrrole nitrogens is 2. The van der Waals surface area contributed by atoms with Crippen LogP contribution in [0.3, 0.4) is 0 Å². The molecule has 0 saturated heterocycles. The Kier molecular flexibility index (Phi) is 4.45. The van der Waals surface area contributed by atoms with Gasteiger partial charge in [-0.2, -0.15) is 5.21 Å². The first-order valence-electron chi connectivity index (χ1n) is 9.03. The standard InChI is InChI=1S/C21H16N6OS/c28-29(21-22-18-7-3-4-8-19(18)23-21)13-14-9-11-15(12-10-14)16-5-1-2-6-17(16)20-24-26-27-25-20/h1-12H,13H2,(H,22,23)(H,24,25,26,27). The van der Waals surface area contributed by atoms with Gasteiger partial charge in [-0.15, -0.1) is 10.2 Å². The van der Waals surface area contributed by atoms with E-state index in [1.807, 2.05) is 72.8 Å². The van der Waals surface area contributed by atoms with Gasteiger partial charge in [-0.1, -0.05) is 60.7 Å². The highest BCUT2D eigenvalue weighted by molar-refractivity contribution is 7.84. The first kappa shape index (κ1) is 17.4. The number of nitrogens with one attached hydrogen (secondary N) is 2. The number of rotatable bonds is 5. The molecule has 3 aromatic carbocycles. The van der Waals surface area contributed by atoms with Gasteiger partial charge in [-0.25, -0.2) is 4.98 Å². The maximum absolute atomic E-state index is 12.7. The maximum atomic E-state index is 12.7. The molecule has 0 amide bonds. The lowest BCUT2D eigenvalue weighted by Gasteiger charge is -2.08. The third kappa shape index (κ3) is 3.45. The summed E-state index contributed by atoms with van der Waals surface area (Å²) < 4.78 is 12.7. The highest BCUT2D eigenvalue weighted by Gasteiger charge is 2.13. The Morgan fingerprint density at radius 3 is 2.38 bits per heavy atom. The predicted molar refractivity (Wildman–Crippen MR) is 111 cm³/mol. The SMILES string of the molecule is O=S(Cc1ccc(-c2ccccc2-c2nn[nH]n2)cc1)c1nc2ccccc2[nH]1. The first-order chi connectivity index (χ1) is 14.3. The van der Waals surface area contributed by atoms with E-state index in [0.717, 1.165) is 33.3 Å². The molecule has 0 spiro atoms. The lowest BCUT2D eigenvalue weighted by atomic mass is 9.98. The van der Waals surface area contributed by atoms with E-state index in [2.05, 4.69) is 30.6 Å². The van der Waals surface area contributed by atoms with Crippen LogP contribution in [0.1, 0.15) is 5.56 Å². The van der Waals surface area contributed by atoms with E-state index in [4.69, 9.17) is 0 Å². The number of benzene rings is 3. The molecule has 0 saturated carbocycles. The van der Waals surface area contributed by atoms with E-state index < -0.39 is 10.8 Å². The fraction of sp³-hybridized carbons (Fsp3) is 0.0476. The van der Waals surface area contributed by atoms with Crippen molar-refractivity contribution in [2.24, 2.45) is 0 Å². The van der Waals surface area contributed by atoms with Gasteiger partial charge in [0.2, 0.25) is 5.82 Å². The van der Waals surface area contributed by atoms with Crippen molar-refractivity contribution in [1.82, 2.24) is 30.6 Å². The Morgan fingerprint density at radius 2 is 1.62 bits per heavy atom. The van der Waals surface area contributed by atoms with Crippen LogP contribution in [0.25, 0.3) is 33.5 Å². The van der Waals surface area contributed by atoms with Crippen LogP contribution in [-0.4, -0.2) is 34.8 Å². The van der Waals surface area contributed by atoms with E-state index in [1.165, 1.54) is 0 Å². The van der Waals surface area contributed by atoms with Gasteiger partial charge in [0.05, 0.1) is 27.6 Å². The molecule has 0 aliphatic rings. The molecule has 2 heterocycles. The van der Waals surface area contributed by atoms with Crippen LogP contribution < -0.4 is 0 Å². The number of tetrazole rings is 1. The summed E-state index contributed by atoms with van der Waals surface area (Å²) in [5.41, 5.74) is 5.64. The molecule has 5 rings (SSSR count). The van der Waals surface area contributed by atoms with Gasteiger partial charge in [0.25, 0.3) is 0 Å². The van der Waals surface area contributed by atoms with Gasteiger partial charge in [0, 0.05) is 5.56 Å². The van der Waals surface area contributed by atoms with Crippen molar-refractivity contribution in [2.75, 3.05) is 0 Å². The van der Waals surface area contributed by atoms with Crippen LogP contribution in [0.2, 0.25) is 0 Å². The maximum Gasteiger partial charge on any atom is 0.205 e. The second kappa shape index (κ2) is 7.40. The van der Waals surface area contributed by atoms with Crippen LogP contribution in [0.15, 0.2) is 78.0 Å². The molecule has 1 unspecified atom stereocenters. The summed E-state index contributed by atoms with van der Waals surface area (Å²) in [4.78, 5) is 7.58. The van der Waals surface area contributed by atoms with Gasteiger partial charge >= 0.3 is 0 Å². The zero-order valence-electron chi connectivity index (χ0n) is 15.2. The van der Waals surface area contributed by atoms with E-state index in [0.29, 0.717) is 16.7 Å². The molecular weight excluding hydrogens is 384 g/mol. The molecule has 0 bridgehead atoms. The Labute approximate surface area is 168 Å². The number of nitrogens with zero attached hydrogens (tertiary/aromatic N) is 4. The van der Waals surface area contributed by atoms with Crippen LogP contribution in [0.5, 0.6) is 0 Å². The topological polar surface area (TPSA) is 100 Å². The normalized spacial score (nSPS) is 12.3. The highest BCUT2D eigenvalue weighted by atomic mass is 32.2. The molecule has 0 radical (unpaired) electrons. The van der Waals surface area contributed by atoms with Gasteiger partial charge in [-0.05, 0) is 34.0 Å². The van der Waals surface area contributed by atoms with Gasteiger partial charge in [0.1, 0.15) is 0 Å². The second-order valence-electron chi connectivity index (χ2n) is 6.53. The smallest absolute Gasteiger partial charge is 0.205 e. The average molecular weight is 400 g/mol. The van der Waals surface area contributed by atoms with E-state index in [1.54, 1.807) is 0 Å². The molecule has 142 valence electrons. The number of fused-ring (bicyclic) bond motifs is 1. The zero-order chi connectivity index (χ0) is 19.6. The minimum Gasteiger partial charge on any atom is -0.331 e. The summed E-state index contributed by atoms with van der Waals surface area (Å²) in [5, 5.41) is 14.8. The Morgan fingerprint density at radius 1 is 0.862 bits per heavy atom. The van der Waals surface area contributed by atoms with Crippen molar-refractivity contribution in [2.45, 2.75) is 10.9 Å². The minimum absolute atomic E-state index is 0.395. The van der Waals surface area contributed by atoms with Crippen molar-refractivity contribution in [3.63, 3.8) is 0 Å². The Balaban J connectivity index is 1.39. The second-order valence-corrected chi connectivity index (χ2v) is 7.89. The molecule has 0 aliphatic heterocycles.